The number of rotatable bonds is 2. The second-order valence-electron chi connectivity index (χ2n) is 8.19. The maximum atomic E-state index is 13.2. The number of carbonyl (C=O) groups excluding carboxylic acids is 1. The zero-order valence-electron chi connectivity index (χ0n) is 18.1. The van der Waals surface area contributed by atoms with E-state index in [2.05, 4.69) is 0 Å². The van der Waals surface area contributed by atoms with Gasteiger partial charge in [-0.2, -0.15) is 0 Å². The fraction of sp³-hybridized carbons (Fsp3) is 0.208. The quantitative estimate of drug-likeness (QED) is 0.313. The normalized spacial score (nSPS) is 20.4. The van der Waals surface area contributed by atoms with Crippen LogP contribution in [0.2, 0.25) is 0 Å². The molecule has 1 spiro atoms. The van der Waals surface area contributed by atoms with Gasteiger partial charge in [0.05, 0.1) is 0 Å². The monoisotopic (exact) mass is 664 g/mol. The van der Waals surface area contributed by atoms with E-state index in [4.69, 9.17) is 9.47 Å². The molecule has 2 N–H and O–H groups in total. The van der Waals surface area contributed by atoms with Crippen LogP contribution < -0.4 is 13.4 Å². The molecule has 2 saturated heterocycles. The van der Waals surface area contributed by atoms with Crippen molar-refractivity contribution in [2.24, 2.45) is 0 Å². The van der Waals surface area contributed by atoms with Crippen molar-refractivity contribution in [3.05, 3.63) is 70.8 Å². The standard InChI is InChI=1S/C24H18As2O5S4/c27-17-7-5-15-21(19(17)25-32-9-10-33-25)30-22-16(6-8-18(28)20(22)26-34-11-12-35-26)24(15)14-4-2-1-3-13(14)23(29)31-24/h1-8,27-28H,9-12H2. The number of phenols is 2. The summed E-state index contributed by atoms with van der Waals surface area (Å²) in [5.41, 5.74) is 1.66. The van der Waals surface area contributed by atoms with Crippen LogP contribution in [0.1, 0.15) is 27.0 Å². The number of hydrogen-bond donors (Lipinski definition) is 2. The third-order valence-corrected chi connectivity index (χ3v) is 33.5. The van der Waals surface area contributed by atoms with E-state index in [1.54, 1.807) is 18.2 Å². The van der Waals surface area contributed by atoms with Crippen molar-refractivity contribution in [2.45, 2.75) is 5.60 Å². The van der Waals surface area contributed by atoms with Crippen molar-refractivity contribution in [3.63, 3.8) is 0 Å². The summed E-state index contributed by atoms with van der Waals surface area (Å²) in [7, 11) is 7.70. The zero-order valence-corrected chi connectivity index (χ0v) is 25.1. The van der Waals surface area contributed by atoms with Gasteiger partial charge in [0.15, 0.2) is 0 Å². The molecule has 0 amide bonds. The van der Waals surface area contributed by atoms with Gasteiger partial charge >= 0.3 is 226 Å². The maximum absolute atomic E-state index is 13.2. The van der Waals surface area contributed by atoms with Gasteiger partial charge in [0.25, 0.3) is 0 Å². The molecule has 7 rings (SSSR count). The first-order valence-corrected chi connectivity index (χ1v) is 25.8. The average Bonchev–Trinajstić information content (AvgIpc) is 3.62. The van der Waals surface area contributed by atoms with Crippen LogP contribution in [-0.2, 0) is 10.3 Å². The SMILES string of the molecule is O=C1OC2(c3ccccc31)c1ccc(O)c([As]3SCCS3)c1Oc1c2ccc(O)c1[As]1SCCS1. The molecule has 0 bridgehead atoms. The van der Waals surface area contributed by atoms with Crippen LogP contribution >= 0.6 is 40.1 Å². The molecular formula is C24H18As2O5S4. The van der Waals surface area contributed by atoms with Gasteiger partial charge in [-0.15, -0.1) is 0 Å². The van der Waals surface area contributed by atoms with Gasteiger partial charge in [0.2, 0.25) is 0 Å². The average molecular weight is 665 g/mol. The molecule has 0 unspecified atom stereocenters. The van der Waals surface area contributed by atoms with Gasteiger partial charge in [0.1, 0.15) is 0 Å². The summed E-state index contributed by atoms with van der Waals surface area (Å²) in [5, 5.41) is 22.1. The molecule has 5 nitrogen and oxygen atoms in total. The van der Waals surface area contributed by atoms with Crippen LogP contribution in [0, 0.1) is 0 Å². The Morgan fingerprint density at radius 1 is 0.714 bits per heavy atom. The fourth-order valence-corrected chi connectivity index (χ4v) is 34.6. The second kappa shape index (κ2) is 8.82. The molecule has 2 fully saturated rings. The van der Waals surface area contributed by atoms with Gasteiger partial charge in [-0.3, -0.25) is 0 Å². The summed E-state index contributed by atoms with van der Waals surface area (Å²) in [5.74, 6) is 5.57. The first-order valence-electron chi connectivity index (χ1n) is 10.9. The van der Waals surface area contributed by atoms with Crippen molar-refractivity contribution in [3.8, 4) is 23.0 Å². The van der Waals surface area contributed by atoms with Gasteiger partial charge in [-0.1, -0.05) is 0 Å². The minimum absolute atomic E-state index is 0.242. The summed E-state index contributed by atoms with van der Waals surface area (Å²) in [6.07, 6.45) is 0. The van der Waals surface area contributed by atoms with Crippen LogP contribution in [0.15, 0.2) is 48.5 Å². The molecule has 35 heavy (non-hydrogen) atoms. The van der Waals surface area contributed by atoms with Crippen molar-refractivity contribution >= 4 is 79.4 Å². The molecular weight excluding hydrogens is 646 g/mol. The zero-order chi connectivity index (χ0) is 23.7. The third kappa shape index (κ3) is 3.38. The molecule has 0 aromatic heterocycles. The molecule has 4 aliphatic heterocycles. The Labute approximate surface area is 224 Å². The Morgan fingerprint density at radius 2 is 1.23 bits per heavy atom. The molecule has 11 heteroatoms. The summed E-state index contributed by atoms with van der Waals surface area (Å²) in [6.45, 7) is 0. The molecule has 0 saturated carbocycles. The van der Waals surface area contributed by atoms with E-state index >= 15 is 0 Å². The molecule has 0 aliphatic carbocycles. The summed E-state index contributed by atoms with van der Waals surface area (Å²) in [4.78, 5) is 13.2. The Hall–Kier alpha value is -0.953. The van der Waals surface area contributed by atoms with Gasteiger partial charge in [-0.05, 0) is 0 Å². The molecule has 0 atom stereocenters. The first-order chi connectivity index (χ1) is 17.1. The van der Waals surface area contributed by atoms with E-state index in [9.17, 15) is 15.0 Å². The van der Waals surface area contributed by atoms with Crippen molar-refractivity contribution in [1.82, 2.24) is 0 Å². The number of phenolic OH excluding ortho intramolecular Hbond substituents is 2. The van der Waals surface area contributed by atoms with Crippen molar-refractivity contribution in [1.29, 1.82) is 0 Å². The second-order valence-corrected chi connectivity index (χ2v) is 31.4. The van der Waals surface area contributed by atoms with Crippen LogP contribution in [0.25, 0.3) is 0 Å². The summed E-state index contributed by atoms with van der Waals surface area (Å²) < 4.78 is 14.9. The Balaban J connectivity index is 1.57. The number of carbonyl (C=O) groups is 1. The molecule has 3 aromatic rings. The number of benzene rings is 3. The molecule has 178 valence electrons. The van der Waals surface area contributed by atoms with E-state index in [0.29, 0.717) is 17.1 Å². The molecule has 4 aliphatic rings. The fourth-order valence-electron chi connectivity index (χ4n) is 4.91. The van der Waals surface area contributed by atoms with E-state index < -0.39 is 30.3 Å². The molecule has 0 radical (unpaired) electrons. The van der Waals surface area contributed by atoms with E-state index in [1.165, 1.54) is 0 Å². The summed E-state index contributed by atoms with van der Waals surface area (Å²) >= 11 is -3.40. The molecule has 3 aromatic carbocycles. The van der Waals surface area contributed by atoms with Gasteiger partial charge in [0, 0.05) is 0 Å². The Kier molecular flexibility index (Phi) is 5.84. The van der Waals surface area contributed by atoms with E-state index in [1.807, 2.05) is 70.4 Å². The Bertz CT molecular complexity index is 1320. The van der Waals surface area contributed by atoms with E-state index in [0.717, 1.165) is 48.4 Å². The van der Waals surface area contributed by atoms with Crippen LogP contribution in [0.5, 0.6) is 23.0 Å². The number of hydrogen-bond acceptors (Lipinski definition) is 9. The predicted molar refractivity (Wildman–Crippen MR) is 149 cm³/mol. The Morgan fingerprint density at radius 3 is 1.77 bits per heavy atom. The van der Waals surface area contributed by atoms with Crippen molar-refractivity contribution < 1.29 is 24.5 Å². The van der Waals surface area contributed by atoms with Crippen LogP contribution in [-0.4, -0.2) is 63.9 Å². The number of ether oxygens (including phenoxy) is 2. The van der Waals surface area contributed by atoms with Crippen molar-refractivity contribution in [2.75, 3.05) is 23.0 Å². The topological polar surface area (TPSA) is 76.0 Å². The van der Waals surface area contributed by atoms with Gasteiger partial charge < -0.3 is 0 Å². The number of aromatic hydroxyl groups is 2. The minimum atomic E-state index is -1.70. The van der Waals surface area contributed by atoms with Crippen LogP contribution in [0.3, 0.4) is 0 Å². The van der Waals surface area contributed by atoms with Gasteiger partial charge in [-0.25, -0.2) is 0 Å². The van der Waals surface area contributed by atoms with E-state index in [-0.39, 0.29) is 17.5 Å². The number of esters is 1. The molecule has 4 heterocycles. The van der Waals surface area contributed by atoms with Crippen LogP contribution in [0.4, 0.5) is 0 Å². The number of fused-ring (bicyclic) bond motifs is 6. The summed E-state index contributed by atoms with van der Waals surface area (Å²) in [6, 6.07) is 14.7. The predicted octanol–water partition coefficient (Wildman–Crippen LogP) is 4.02. The third-order valence-electron chi connectivity index (χ3n) is 6.32. The first kappa shape index (κ1) is 23.2.